The summed E-state index contributed by atoms with van der Waals surface area (Å²) in [4.78, 5) is 12.2. The van der Waals surface area contributed by atoms with Crippen LogP contribution in [0.15, 0.2) is 30.3 Å². The lowest BCUT2D eigenvalue weighted by molar-refractivity contribution is 0.102. The topological polar surface area (TPSA) is 81.1 Å². The Morgan fingerprint density at radius 1 is 0.900 bits per heavy atom. The molecule has 1 amide bonds. The van der Waals surface area contributed by atoms with Crippen LogP contribution < -0.4 is 16.8 Å². The van der Waals surface area contributed by atoms with Gasteiger partial charge in [-0.25, -0.2) is 0 Å². The van der Waals surface area contributed by atoms with E-state index in [1.807, 2.05) is 26.0 Å². The first-order chi connectivity index (χ1) is 9.36. The van der Waals surface area contributed by atoms with Crippen LogP contribution in [0, 0.1) is 20.8 Å². The molecule has 0 bridgehead atoms. The summed E-state index contributed by atoms with van der Waals surface area (Å²) in [5.74, 6) is -0.216. The molecule has 0 saturated heterocycles. The molecule has 0 atom stereocenters. The van der Waals surface area contributed by atoms with Gasteiger partial charge in [0.2, 0.25) is 0 Å². The SMILES string of the molecule is Cc1cc(NC(=O)c2cc(N)cc(N)c2)cc(C)c1C. The summed E-state index contributed by atoms with van der Waals surface area (Å²) >= 11 is 0. The molecule has 20 heavy (non-hydrogen) atoms. The number of nitrogens with two attached hydrogens (primary N) is 2. The summed E-state index contributed by atoms with van der Waals surface area (Å²) in [6.07, 6.45) is 0. The summed E-state index contributed by atoms with van der Waals surface area (Å²) in [5, 5.41) is 2.87. The minimum atomic E-state index is -0.216. The highest BCUT2D eigenvalue weighted by molar-refractivity contribution is 6.05. The molecule has 0 aliphatic rings. The molecule has 2 aromatic rings. The molecule has 0 radical (unpaired) electrons. The first-order valence-corrected chi connectivity index (χ1v) is 6.42. The third-order valence-electron chi connectivity index (χ3n) is 3.42. The van der Waals surface area contributed by atoms with E-state index in [0.29, 0.717) is 16.9 Å². The number of aryl methyl sites for hydroxylation is 2. The molecular formula is C16H19N3O. The number of anilines is 3. The van der Waals surface area contributed by atoms with Gasteiger partial charge in [0.15, 0.2) is 0 Å². The zero-order chi connectivity index (χ0) is 14.9. The van der Waals surface area contributed by atoms with Gasteiger partial charge in [0.25, 0.3) is 5.91 Å². The zero-order valence-corrected chi connectivity index (χ0v) is 11.9. The van der Waals surface area contributed by atoms with E-state index in [2.05, 4.69) is 12.2 Å². The number of rotatable bonds is 2. The Kier molecular flexibility index (Phi) is 3.66. The number of carbonyl (C=O) groups excluding carboxylic acids is 1. The van der Waals surface area contributed by atoms with Gasteiger partial charge in [-0.2, -0.15) is 0 Å². The second-order valence-corrected chi connectivity index (χ2v) is 5.08. The van der Waals surface area contributed by atoms with Gasteiger partial charge in [0.1, 0.15) is 0 Å². The van der Waals surface area contributed by atoms with Crippen molar-refractivity contribution >= 4 is 23.0 Å². The van der Waals surface area contributed by atoms with Gasteiger partial charge in [0.05, 0.1) is 0 Å². The van der Waals surface area contributed by atoms with Crippen LogP contribution in [-0.2, 0) is 0 Å². The van der Waals surface area contributed by atoms with Gasteiger partial charge in [-0.1, -0.05) is 0 Å². The maximum atomic E-state index is 12.2. The number of hydrogen-bond donors (Lipinski definition) is 3. The summed E-state index contributed by atoms with van der Waals surface area (Å²) in [7, 11) is 0. The standard InChI is InChI=1S/C16H19N3O/c1-9-4-15(5-10(2)11(9)3)19-16(20)12-6-13(17)8-14(18)7-12/h4-8H,17-18H2,1-3H3,(H,19,20). The zero-order valence-electron chi connectivity index (χ0n) is 11.9. The number of hydrogen-bond acceptors (Lipinski definition) is 3. The van der Waals surface area contributed by atoms with Crippen molar-refractivity contribution in [3.05, 3.63) is 52.6 Å². The molecule has 0 spiro atoms. The second kappa shape index (κ2) is 5.25. The first-order valence-electron chi connectivity index (χ1n) is 6.42. The average molecular weight is 269 g/mol. The molecule has 104 valence electrons. The lowest BCUT2D eigenvalue weighted by atomic mass is 10.0. The lowest BCUT2D eigenvalue weighted by Gasteiger charge is -2.11. The molecule has 2 rings (SSSR count). The number of nitrogens with one attached hydrogen (secondary N) is 1. The number of benzene rings is 2. The molecule has 0 saturated carbocycles. The largest absolute Gasteiger partial charge is 0.399 e. The summed E-state index contributed by atoms with van der Waals surface area (Å²) in [5.41, 5.74) is 17.1. The summed E-state index contributed by atoms with van der Waals surface area (Å²) in [6, 6.07) is 8.75. The van der Waals surface area contributed by atoms with E-state index >= 15 is 0 Å². The quantitative estimate of drug-likeness (QED) is 0.733. The fourth-order valence-electron chi connectivity index (χ4n) is 2.12. The minimum Gasteiger partial charge on any atom is -0.399 e. The van der Waals surface area contributed by atoms with Crippen LogP contribution in [0.3, 0.4) is 0 Å². The summed E-state index contributed by atoms with van der Waals surface area (Å²) in [6.45, 7) is 6.11. The van der Waals surface area contributed by atoms with Crippen LogP contribution in [0.25, 0.3) is 0 Å². The van der Waals surface area contributed by atoms with Crippen molar-refractivity contribution in [3.63, 3.8) is 0 Å². The molecule has 0 aliphatic heterocycles. The molecule has 4 heteroatoms. The molecule has 0 aliphatic carbocycles. The fraction of sp³-hybridized carbons (Fsp3) is 0.188. The molecule has 4 nitrogen and oxygen atoms in total. The minimum absolute atomic E-state index is 0.216. The van der Waals surface area contributed by atoms with Gasteiger partial charge in [-0.3, -0.25) is 4.79 Å². The number of nitrogen functional groups attached to an aromatic ring is 2. The third kappa shape index (κ3) is 2.91. The Morgan fingerprint density at radius 2 is 1.40 bits per heavy atom. The highest BCUT2D eigenvalue weighted by Crippen LogP contribution is 2.20. The van der Waals surface area contributed by atoms with E-state index < -0.39 is 0 Å². The summed E-state index contributed by atoms with van der Waals surface area (Å²) < 4.78 is 0. The normalized spacial score (nSPS) is 10.3. The van der Waals surface area contributed by atoms with Crippen LogP contribution in [0.2, 0.25) is 0 Å². The van der Waals surface area contributed by atoms with Crippen LogP contribution >= 0.6 is 0 Å². The maximum absolute atomic E-state index is 12.2. The third-order valence-corrected chi connectivity index (χ3v) is 3.42. The highest BCUT2D eigenvalue weighted by atomic mass is 16.1. The predicted octanol–water partition coefficient (Wildman–Crippen LogP) is 3.03. The molecule has 0 unspecified atom stereocenters. The Labute approximate surface area is 118 Å². The highest BCUT2D eigenvalue weighted by Gasteiger charge is 2.09. The van der Waals surface area contributed by atoms with E-state index in [0.717, 1.165) is 16.8 Å². The fourth-order valence-corrected chi connectivity index (χ4v) is 2.12. The molecule has 0 fully saturated rings. The van der Waals surface area contributed by atoms with Crippen molar-refractivity contribution in [2.45, 2.75) is 20.8 Å². The Morgan fingerprint density at radius 3 is 1.90 bits per heavy atom. The van der Waals surface area contributed by atoms with Crippen LogP contribution in [0.4, 0.5) is 17.1 Å². The van der Waals surface area contributed by atoms with Crippen molar-refractivity contribution in [2.75, 3.05) is 16.8 Å². The van der Waals surface area contributed by atoms with Crippen molar-refractivity contribution in [3.8, 4) is 0 Å². The predicted molar refractivity (Wildman–Crippen MR) is 83.9 cm³/mol. The number of amides is 1. The number of carbonyl (C=O) groups is 1. The molecule has 5 N–H and O–H groups in total. The van der Waals surface area contributed by atoms with Crippen LogP contribution in [0.5, 0.6) is 0 Å². The van der Waals surface area contributed by atoms with Gasteiger partial charge in [-0.15, -0.1) is 0 Å². The van der Waals surface area contributed by atoms with Gasteiger partial charge in [-0.05, 0) is 67.8 Å². The Bertz CT molecular complexity index is 634. The van der Waals surface area contributed by atoms with E-state index in [1.165, 1.54) is 5.56 Å². The van der Waals surface area contributed by atoms with Gasteiger partial charge < -0.3 is 16.8 Å². The van der Waals surface area contributed by atoms with Gasteiger partial charge in [0, 0.05) is 22.6 Å². The van der Waals surface area contributed by atoms with Crippen molar-refractivity contribution in [1.29, 1.82) is 0 Å². The van der Waals surface area contributed by atoms with E-state index in [9.17, 15) is 4.79 Å². The second-order valence-electron chi connectivity index (χ2n) is 5.08. The van der Waals surface area contributed by atoms with E-state index in [-0.39, 0.29) is 5.91 Å². The van der Waals surface area contributed by atoms with Crippen molar-refractivity contribution < 1.29 is 4.79 Å². The maximum Gasteiger partial charge on any atom is 0.255 e. The van der Waals surface area contributed by atoms with Gasteiger partial charge >= 0.3 is 0 Å². The first kappa shape index (κ1) is 13.9. The smallest absolute Gasteiger partial charge is 0.255 e. The Balaban J connectivity index is 2.28. The van der Waals surface area contributed by atoms with Crippen LogP contribution in [-0.4, -0.2) is 5.91 Å². The molecule has 0 heterocycles. The molecule has 0 aromatic heterocycles. The van der Waals surface area contributed by atoms with Crippen molar-refractivity contribution in [1.82, 2.24) is 0 Å². The molecular weight excluding hydrogens is 250 g/mol. The monoisotopic (exact) mass is 269 g/mol. The molecule has 2 aromatic carbocycles. The van der Waals surface area contributed by atoms with Crippen molar-refractivity contribution in [2.24, 2.45) is 0 Å². The lowest BCUT2D eigenvalue weighted by Crippen LogP contribution is -2.13. The van der Waals surface area contributed by atoms with E-state index in [4.69, 9.17) is 11.5 Å². The Hall–Kier alpha value is -2.49. The van der Waals surface area contributed by atoms with Crippen LogP contribution in [0.1, 0.15) is 27.0 Å². The van der Waals surface area contributed by atoms with E-state index in [1.54, 1.807) is 18.2 Å². The average Bonchev–Trinajstić information content (AvgIpc) is 2.34.